The standard InChI is InChI=1S/C29H48O4/c1-3-5-6-7-8-9-10-11-12-13-14-15-19-25-32-28(30)23-20-24-29(31)33-27(4-2)26-21-17-16-18-22-26/h16-18,21-22,27H,3-15,19-20,23-25H2,1-2H3. The molecule has 0 spiro atoms. The molecular formula is C29H48O4. The molecule has 0 aliphatic carbocycles. The van der Waals surface area contributed by atoms with Crippen molar-refractivity contribution in [3.8, 4) is 0 Å². The SMILES string of the molecule is CCCCCCCCCCCCCCCOC(=O)CCCC(=O)OC(CC)c1ccccc1. The fourth-order valence-corrected chi connectivity index (χ4v) is 4.03. The largest absolute Gasteiger partial charge is 0.466 e. The average Bonchev–Trinajstić information content (AvgIpc) is 2.83. The quantitative estimate of drug-likeness (QED) is 0.136. The molecule has 33 heavy (non-hydrogen) atoms. The van der Waals surface area contributed by atoms with Crippen LogP contribution in [0.5, 0.6) is 0 Å². The minimum atomic E-state index is -0.255. The molecule has 4 nitrogen and oxygen atoms in total. The van der Waals surface area contributed by atoms with Gasteiger partial charge in [-0.05, 0) is 24.8 Å². The first-order valence-corrected chi connectivity index (χ1v) is 13.6. The van der Waals surface area contributed by atoms with Crippen LogP contribution in [0, 0.1) is 0 Å². The highest BCUT2D eigenvalue weighted by atomic mass is 16.5. The predicted octanol–water partition coefficient (Wildman–Crippen LogP) is 8.49. The Bertz CT molecular complexity index is 599. The van der Waals surface area contributed by atoms with Gasteiger partial charge in [0.1, 0.15) is 6.10 Å². The molecular weight excluding hydrogens is 412 g/mol. The maximum Gasteiger partial charge on any atom is 0.306 e. The van der Waals surface area contributed by atoms with Crippen molar-refractivity contribution in [1.82, 2.24) is 0 Å². The Labute approximate surface area is 202 Å². The second-order valence-corrected chi connectivity index (χ2v) is 9.11. The minimum absolute atomic E-state index is 0.211. The molecule has 1 aromatic rings. The number of rotatable bonds is 21. The molecule has 1 unspecified atom stereocenters. The summed E-state index contributed by atoms with van der Waals surface area (Å²) in [5, 5.41) is 0. The average molecular weight is 461 g/mol. The number of hydrogen-bond acceptors (Lipinski definition) is 4. The summed E-state index contributed by atoms with van der Waals surface area (Å²) in [4.78, 5) is 24.0. The lowest BCUT2D eigenvalue weighted by Gasteiger charge is -2.16. The highest BCUT2D eigenvalue weighted by Gasteiger charge is 2.15. The van der Waals surface area contributed by atoms with Gasteiger partial charge in [0.15, 0.2) is 0 Å². The Hall–Kier alpha value is -1.84. The van der Waals surface area contributed by atoms with E-state index in [2.05, 4.69) is 6.92 Å². The lowest BCUT2D eigenvalue weighted by Crippen LogP contribution is -2.12. The topological polar surface area (TPSA) is 52.6 Å². The molecule has 0 aliphatic heterocycles. The third-order valence-electron chi connectivity index (χ3n) is 6.09. The molecule has 0 amide bonds. The molecule has 0 radical (unpaired) electrons. The number of esters is 2. The van der Waals surface area contributed by atoms with Crippen molar-refractivity contribution in [1.29, 1.82) is 0 Å². The second kappa shape index (κ2) is 20.7. The maximum atomic E-state index is 12.1. The van der Waals surface area contributed by atoms with Gasteiger partial charge in [0, 0.05) is 12.8 Å². The summed E-state index contributed by atoms with van der Waals surface area (Å²) in [6, 6.07) is 9.77. The fourth-order valence-electron chi connectivity index (χ4n) is 4.03. The molecule has 1 atom stereocenters. The van der Waals surface area contributed by atoms with Crippen molar-refractivity contribution in [2.75, 3.05) is 6.61 Å². The first kappa shape index (κ1) is 29.2. The van der Waals surface area contributed by atoms with Crippen molar-refractivity contribution in [2.24, 2.45) is 0 Å². The molecule has 0 saturated heterocycles. The smallest absolute Gasteiger partial charge is 0.306 e. The number of carbonyl (C=O) groups excluding carboxylic acids is 2. The van der Waals surface area contributed by atoms with Gasteiger partial charge in [-0.1, -0.05) is 121 Å². The van der Waals surface area contributed by atoms with E-state index in [1.54, 1.807) is 0 Å². The highest BCUT2D eigenvalue weighted by molar-refractivity contribution is 5.72. The minimum Gasteiger partial charge on any atom is -0.466 e. The third kappa shape index (κ3) is 16.4. The first-order valence-electron chi connectivity index (χ1n) is 13.6. The Morgan fingerprint density at radius 3 is 1.73 bits per heavy atom. The highest BCUT2D eigenvalue weighted by Crippen LogP contribution is 2.21. The van der Waals surface area contributed by atoms with E-state index in [0.717, 1.165) is 24.8 Å². The zero-order chi connectivity index (χ0) is 24.0. The van der Waals surface area contributed by atoms with E-state index < -0.39 is 0 Å². The molecule has 0 N–H and O–H groups in total. The number of benzene rings is 1. The molecule has 1 aromatic carbocycles. The molecule has 0 aromatic heterocycles. The van der Waals surface area contributed by atoms with Gasteiger partial charge in [-0.15, -0.1) is 0 Å². The van der Waals surface area contributed by atoms with Crippen LogP contribution in [0.1, 0.15) is 135 Å². The number of ether oxygens (including phenoxy) is 2. The van der Waals surface area contributed by atoms with Crippen LogP contribution >= 0.6 is 0 Å². The van der Waals surface area contributed by atoms with E-state index in [0.29, 0.717) is 13.0 Å². The van der Waals surface area contributed by atoms with Crippen LogP contribution in [-0.2, 0) is 19.1 Å². The van der Waals surface area contributed by atoms with Gasteiger partial charge in [-0.25, -0.2) is 0 Å². The molecule has 0 saturated carbocycles. The van der Waals surface area contributed by atoms with Crippen molar-refractivity contribution in [3.05, 3.63) is 35.9 Å². The molecule has 188 valence electrons. The lowest BCUT2D eigenvalue weighted by molar-refractivity contribution is -0.150. The summed E-state index contributed by atoms with van der Waals surface area (Å²) in [5.74, 6) is -0.466. The van der Waals surface area contributed by atoms with Gasteiger partial charge >= 0.3 is 11.9 Å². The van der Waals surface area contributed by atoms with Gasteiger partial charge in [0.25, 0.3) is 0 Å². The van der Waals surface area contributed by atoms with Crippen LogP contribution < -0.4 is 0 Å². The van der Waals surface area contributed by atoms with Crippen LogP contribution in [0.15, 0.2) is 30.3 Å². The van der Waals surface area contributed by atoms with E-state index >= 15 is 0 Å². The third-order valence-corrected chi connectivity index (χ3v) is 6.09. The van der Waals surface area contributed by atoms with Crippen LogP contribution in [-0.4, -0.2) is 18.5 Å². The van der Waals surface area contributed by atoms with Crippen molar-refractivity contribution in [3.63, 3.8) is 0 Å². The summed E-state index contributed by atoms with van der Waals surface area (Å²) >= 11 is 0. The summed E-state index contributed by atoms with van der Waals surface area (Å²) in [6.07, 6.45) is 18.4. The van der Waals surface area contributed by atoms with E-state index in [1.165, 1.54) is 70.6 Å². The Morgan fingerprint density at radius 2 is 1.18 bits per heavy atom. The lowest BCUT2D eigenvalue weighted by atomic mass is 10.0. The monoisotopic (exact) mass is 460 g/mol. The Morgan fingerprint density at radius 1 is 0.667 bits per heavy atom. The molecule has 0 fully saturated rings. The van der Waals surface area contributed by atoms with E-state index in [4.69, 9.17) is 9.47 Å². The summed E-state index contributed by atoms with van der Waals surface area (Å²) in [6.45, 7) is 4.76. The molecule has 4 heteroatoms. The predicted molar refractivity (Wildman–Crippen MR) is 136 cm³/mol. The zero-order valence-electron chi connectivity index (χ0n) is 21.3. The van der Waals surface area contributed by atoms with Crippen molar-refractivity contribution < 1.29 is 19.1 Å². The summed E-state index contributed by atoms with van der Waals surface area (Å²) < 4.78 is 10.9. The number of unbranched alkanes of at least 4 members (excludes halogenated alkanes) is 12. The number of hydrogen-bond donors (Lipinski definition) is 0. The van der Waals surface area contributed by atoms with Crippen LogP contribution in [0.4, 0.5) is 0 Å². The van der Waals surface area contributed by atoms with E-state index in [-0.39, 0.29) is 30.9 Å². The van der Waals surface area contributed by atoms with Gasteiger partial charge in [-0.2, -0.15) is 0 Å². The maximum absolute atomic E-state index is 12.1. The molecule has 1 rings (SSSR count). The molecule has 0 aliphatic rings. The fraction of sp³-hybridized carbons (Fsp3) is 0.724. The molecule has 0 bridgehead atoms. The zero-order valence-corrected chi connectivity index (χ0v) is 21.3. The van der Waals surface area contributed by atoms with Crippen LogP contribution in [0.2, 0.25) is 0 Å². The normalized spacial score (nSPS) is 11.8. The van der Waals surface area contributed by atoms with Gasteiger partial charge in [-0.3, -0.25) is 9.59 Å². The van der Waals surface area contributed by atoms with Crippen molar-refractivity contribution >= 4 is 11.9 Å². The van der Waals surface area contributed by atoms with Crippen LogP contribution in [0.25, 0.3) is 0 Å². The van der Waals surface area contributed by atoms with Crippen molar-refractivity contribution in [2.45, 2.75) is 129 Å². The van der Waals surface area contributed by atoms with E-state index in [1.807, 2.05) is 37.3 Å². The summed E-state index contributed by atoms with van der Waals surface area (Å²) in [5.41, 5.74) is 1.01. The van der Waals surface area contributed by atoms with Crippen LogP contribution in [0.3, 0.4) is 0 Å². The van der Waals surface area contributed by atoms with Gasteiger partial charge in [0.2, 0.25) is 0 Å². The first-order chi connectivity index (χ1) is 16.2. The number of carbonyl (C=O) groups is 2. The van der Waals surface area contributed by atoms with E-state index in [9.17, 15) is 9.59 Å². The van der Waals surface area contributed by atoms with Gasteiger partial charge < -0.3 is 9.47 Å². The Kier molecular flexibility index (Phi) is 18.4. The van der Waals surface area contributed by atoms with Gasteiger partial charge in [0.05, 0.1) is 6.61 Å². The summed E-state index contributed by atoms with van der Waals surface area (Å²) in [7, 11) is 0. The molecule has 0 heterocycles. The Balaban J connectivity index is 1.91. The second-order valence-electron chi connectivity index (χ2n) is 9.11.